The number of anilines is 1. The Bertz CT molecular complexity index is 1550. The lowest BCUT2D eigenvalue weighted by Crippen LogP contribution is -2.35. The van der Waals surface area contributed by atoms with Gasteiger partial charge < -0.3 is 4.74 Å². The van der Waals surface area contributed by atoms with E-state index in [1.165, 1.54) is 12.1 Å². The number of hydrogen-bond donors (Lipinski definition) is 1. The number of nitrogens with one attached hydrogen (secondary N) is 1. The average Bonchev–Trinajstić information content (AvgIpc) is 3.16. The molecule has 0 radical (unpaired) electrons. The molecule has 1 fully saturated rings. The Hall–Kier alpha value is -4.50. The van der Waals surface area contributed by atoms with E-state index in [4.69, 9.17) is 4.74 Å². The molecule has 0 spiro atoms. The minimum atomic E-state index is -0.619. The molecule has 4 aromatic carbocycles. The second-order valence-corrected chi connectivity index (χ2v) is 8.92. The summed E-state index contributed by atoms with van der Waals surface area (Å²) in [5, 5.41) is 15.0. The number of hydrazine groups is 1. The van der Waals surface area contributed by atoms with Gasteiger partial charge in [0, 0.05) is 16.1 Å². The van der Waals surface area contributed by atoms with Crippen molar-refractivity contribution in [3.8, 4) is 5.75 Å². The Morgan fingerprint density at radius 1 is 0.972 bits per heavy atom. The van der Waals surface area contributed by atoms with Crippen LogP contribution in [-0.2, 0) is 16.2 Å². The summed E-state index contributed by atoms with van der Waals surface area (Å²) in [4.78, 5) is 37.1. The molecule has 1 aliphatic heterocycles. The smallest absolute Gasteiger partial charge is 0.312 e. The third-order valence-corrected chi connectivity index (χ3v) is 6.18. The molecule has 0 aromatic heterocycles. The van der Waals surface area contributed by atoms with Crippen molar-refractivity contribution in [3.63, 3.8) is 0 Å². The van der Waals surface area contributed by atoms with Gasteiger partial charge in [0.2, 0.25) is 5.75 Å². The summed E-state index contributed by atoms with van der Waals surface area (Å²) in [6, 6.07) is 25.1. The van der Waals surface area contributed by atoms with Crippen molar-refractivity contribution < 1.29 is 19.2 Å². The minimum Gasteiger partial charge on any atom is -0.481 e. The van der Waals surface area contributed by atoms with Crippen LogP contribution in [0.2, 0.25) is 0 Å². The number of amides is 2. The maximum absolute atomic E-state index is 13.0. The molecule has 0 aliphatic carbocycles. The highest BCUT2D eigenvalue weighted by atomic mass is 79.9. The lowest BCUT2D eigenvalue weighted by atomic mass is 10.1. The number of nitro benzene ring substituents is 1. The van der Waals surface area contributed by atoms with Gasteiger partial charge >= 0.3 is 5.69 Å². The molecule has 8 nitrogen and oxygen atoms in total. The van der Waals surface area contributed by atoms with E-state index in [0.29, 0.717) is 10.2 Å². The number of ether oxygens (including phenoxy) is 1. The lowest BCUT2D eigenvalue weighted by molar-refractivity contribution is -0.386. The Morgan fingerprint density at radius 2 is 1.69 bits per heavy atom. The van der Waals surface area contributed by atoms with Crippen LogP contribution < -0.4 is 15.2 Å². The van der Waals surface area contributed by atoms with Gasteiger partial charge in [-0.3, -0.25) is 25.1 Å². The number of carbonyl (C=O) groups is 2. The summed E-state index contributed by atoms with van der Waals surface area (Å²) < 4.78 is 6.41. The third kappa shape index (κ3) is 4.44. The first-order chi connectivity index (χ1) is 17.4. The molecule has 1 N–H and O–H groups in total. The van der Waals surface area contributed by atoms with E-state index in [1.54, 1.807) is 36.4 Å². The molecule has 1 aliphatic rings. The highest BCUT2D eigenvalue weighted by Crippen LogP contribution is 2.37. The van der Waals surface area contributed by atoms with Gasteiger partial charge in [-0.1, -0.05) is 76.6 Å². The van der Waals surface area contributed by atoms with Crippen molar-refractivity contribution in [2.75, 3.05) is 5.01 Å². The minimum absolute atomic E-state index is 0.0394. The predicted octanol–water partition coefficient (Wildman–Crippen LogP) is 5.55. The van der Waals surface area contributed by atoms with Gasteiger partial charge in [-0.25, -0.2) is 5.01 Å². The monoisotopic (exact) mass is 543 g/mol. The molecule has 0 unspecified atom stereocenters. The van der Waals surface area contributed by atoms with Gasteiger partial charge in [0.25, 0.3) is 11.8 Å². The van der Waals surface area contributed by atoms with E-state index in [0.717, 1.165) is 21.3 Å². The standard InChI is InChI=1S/C27H18BrN3O5/c28-20-13-19(14-23-26(32)29-30(27(23)33)21-10-2-1-3-11-21)25(24(15-20)31(34)35)36-16-18-9-6-8-17-7-4-5-12-22(17)18/h1-15H,16H2,(H,29,32)/b23-14-. The second kappa shape index (κ2) is 9.63. The van der Waals surface area contributed by atoms with Crippen molar-refractivity contribution in [2.24, 2.45) is 0 Å². The number of benzene rings is 4. The first kappa shape index (κ1) is 23.3. The summed E-state index contributed by atoms with van der Waals surface area (Å²) in [5.41, 5.74) is 3.64. The van der Waals surface area contributed by atoms with Gasteiger partial charge in [-0.15, -0.1) is 0 Å². The van der Waals surface area contributed by atoms with Crippen LogP contribution in [0.5, 0.6) is 5.75 Å². The molecule has 0 bridgehead atoms. The lowest BCUT2D eigenvalue weighted by Gasteiger charge is -2.14. The highest BCUT2D eigenvalue weighted by molar-refractivity contribution is 9.10. The number of carbonyl (C=O) groups excluding carboxylic acids is 2. The molecular formula is C27H18BrN3O5. The Labute approximate surface area is 214 Å². The third-order valence-electron chi connectivity index (χ3n) is 5.72. The van der Waals surface area contributed by atoms with Gasteiger partial charge in [0.05, 0.1) is 10.6 Å². The number of rotatable bonds is 6. The normalized spacial score (nSPS) is 14.4. The van der Waals surface area contributed by atoms with Crippen LogP contribution in [0, 0.1) is 10.1 Å². The van der Waals surface area contributed by atoms with Gasteiger partial charge in [-0.05, 0) is 40.6 Å². The van der Waals surface area contributed by atoms with Crippen LogP contribution in [0.1, 0.15) is 11.1 Å². The van der Waals surface area contributed by atoms with Crippen LogP contribution >= 0.6 is 15.9 Å². The van der Waals surface area contributed by atoms with Crippen molar-refractivity contribution in [1.82, 2.24) is 5.43 Å². The molecule has 0 saturated carbocycles. The summed E-state index contributed by atoms with van der Waals surface area (Å²) in [6.45, 7) is 0.0519. The second-order valence-electron chi connectivity index (χ2n) is 8.00. The highest BCUT2D eigenvalue weighted by Gasteiger charge is 2.35. The van der Waals surface area contributed by atoms with E-state index in [-0.39, 0.29) is 29.2 Å². The zero-order valence-electron chi connectivity index (χ0n) is 18.7. The predicted molar refractivity (Wildman–Crippen MR) is 139 cm³/mol. The van der Waals surface area contributed by atoms with Gasteiger partial charge in [0.15, 0.2) is 0 Å². The van der Waals surface area contributed by atoms with Crippen LogP contribution in [-0.4, -0.2) is 16.7 Å². The van der Waals surface area contributed by atoms with E-state index in [2.05, 4.69) is 21.4 Å². The first-order valence-electron chi connectivity index (χ1n) is 10.9. The zero-order chi connectivity index (χ0) is 25.2. The molecule has 4 aromatic rings. The maximum atomic E-state index is 13.0. The fourth-order valence-corrected chi connectivity index (χ4v) is 4.50. The fraction of sp³-hybridized carbons (Fsp3) is 0.0370. The zero-order valence-corrected chi connectivity index (χ0v) is 20.3. The van der Waals surface area contributed by atoms with E-state index < -0.39 is 16.7 Å². The van der Waals surface area contributed by atoms with Crippen LogP contribution in [0.3, 0.4) is 0 Å². The number of halogens is 1. The summed E-state index contributed by atoms with van der Waals surface area (Å²) in [7, 11) is 0. The Kier molecular flexibility index (Phi) is 6.22. The van der Waals surface area contributed by atoms with Crippen molar-refractivity contribution in [2.45, 2.75) is 6.61 Å². The van der Waals surface area contributed by atoms with Gasteiger partial charge in [0.1, 0.15) is 12.2 Å². The van der Waals surface area contributed by atoms with Crippen LogP contribution in [0.4, 0.5) is 11.4 Å². The first-order valence-corrected chi connectivity index (χ1v) is 11.7. The van der Waals surface area contributed by atoms with Crippen LogP contribution in [0.25, 0.3) is 16.8 Å². The van der Waals surface area contributed by atoms with E-state index >= 15 is 0 Å². The van der Waals surface area contributed by atoms with E-state index in [9.17, 15) is 19.7 Å². The number of nitro groups is 1. The SMILES string of the molecule is O=C1NN(c2ccccc2)C(=O)/C1=C\c1cc(Br)cc([N+](=O)[O-])c1OCc1cccc2ccccc12. The summed E-state index contributed by atoms with van der Waals surface area (Å²) in [5.74, 6) is -1.23. The van der Waals surface area contributed by atoms with Crippen molar-refractivity contribution >= 4 is 56.0 Å². The summed E-state index contributed by atoms with van der Waals surface area (Å²) in [6.07, 6.45) is 1.32. The molecule has 1 heterocycles. The molecule has 5 rings (SSSR count). The van der Waals surface area contributed by atoms with E-state index in [1.807, 2.05) is 42.5 Å². The van der Waals surface area contributed by atoms with Crippen LogP contribution in [0.15, 0.2) is 95.0 Å². The molecule has 178 valence electrons. The quantitative estimate of drug-likeness (QED) is 0.148. The number of hydrogen-bond acceptors (Lipinski definition) is 5. The van der Waals surface area contributed by atoms with Gasteiger partial charge in [-0.2, -0.15) is 0 Å². The maximum Gasteiger partial charge on any atom is 0.312 e. The Morgan fingerprint density at radius 3 is 2.47 bits per heavy atom. The number of nitrogens with zero attached hydrogens (tertiary/aromatic N) is 2. The number of para-hydroxylation sites is 1. The summed E-state index contributed by atoms with van der Waals surface area (Å²) >= 11 is 3.29. The Balaban J connectivity index is 1.54. The molecule has 0 atom stereocenters. The molecule has 1 saturated heterocycles. The molecular weight excluding hydrogens is 526 g/mol. The van der Waals surface area contributed by atoms with Crippen molar-refractivity contribution in [3.05, 3.63) is 116 Å². The topological polar surface area (TPSA) is 102 Å². The molecule has 9 heteroatoms. The molecule has 2 amide bonds. The average molecular weight is 544 g/mol. The number of fused-ring (bicyclic) bond motifs is 1. The largest absolute Gasteiger partial charge is 0.481 e. The molecule has 36 heavy (non-hydrogen) atoms. The van der Waals surface area contributed by atoms with Crippen molar-refractivity contribution in [1.29, 1.82) is 0 Å². The fourth-order valence-electron chi connectivity index (χ4n) is 4.04.